The number of aromatic carboxylic acids is 1. The zero-order chi connectivity index (χ0) is 13.0. The molecule has 0 saturated heterocycles. The molecule has 3 N–H and O–H groups in total. The Labute approximate surface area is 109 Å². The van der Waals surface area contributed by atoms with Gasteiger partial charge in [0.25, 0.3) is 0 Å². The predicted octanol–water partition coefficient (Wildman–Crippen LogP) is 2.65. The molecule has 0 unspecified atom stereocenters. The van der Waals surface area contributed by atoms with Gasteiger partial charge in [-0.15, -0.1) is 11.8 Å². The van der Waals surface area contributed by atoms with Crippen LogP contribution >= 0.6 is 11.8 Å². The first-order chi connectivity index (χ1) is 8.66. The van der Waals surface area contributed by atoms with Gasteiger partial charge in [0.2, 0.25) is 0 Å². The van der Waals surface area contributed by atoms with E-state index in [9.17, 15) is 4.79 Å². The number of carboxylic acid groups (broad SMARTS) is 1. The van der Waals surface area contributed by atoms with Crippen molar-refractivity contribution in [1.82, 2.24) is 4.98 Å². The lowest BCUT2D eigenvalue weighted by molar-refractivity contribution is 0.0697. The van der Waals surface area contributed by atoms with Crippen molar-refractivity contribution < 1.29 is 9.90 Å². The molecule has 0 radical (unpaired) electrons. The average molecular weight is 260 g/mol. The first-order valence-electron chi connectivity index (χ1n) is 5.31. The third-order valence-electron chi connectivity index (χ3n) is 2.41. The number of carbonyl (C=O) groups is 1. The zero-order valence-electron chi connectivity index (χ0n) is 9.54. The van der Waals surface area contributed by atoms with Crippen LogP contribution in [0.25, 0.3) is 0 Å². The molecule has 2 aromatic rings. The van der Waals surface area contributed by atoms with Gasteiger partial charge in [0, 0.05) is 16.8 Å². The topological polar surface area (TPSA) is 76.2 Å². The number of nitrogens with zero attached hydrogens (tertiary/aromatic N) is 1. The van der Waals surface area contributed by atoms with Crippen molar-refractivity contribution in [2.45, 2.75) is 10.6 Å². The second-order valence-corrected chi connectivity index (χ2v) is 4.72. The second kappa shape index (κ2) is 5.55. The van der Waals surface area contributed by atoms with Gasteiger partial charge in [0.1, 0.15) is 0 Å². The fraction of sp³-hybridized carbons (Fsp3) is 0.0769. The Morgan fingerprint density at radius 2 is 2.00 bits per heavy atom. The summed E-state index contributed by atoms with van der Waals surface area (Å²) in [5.41, 5.74) is 7.80. The van der Waals surface area contributed by atoms with Crippen LogP contribution in [-0.4, -0.2) is 16.1 Å². The largest absolute Gasteiger partial charge is 0.478 e. The van der Waals surface area contributed by atoms with Crippen LogP contribution in [0.3, 0.4) is 0 Å². The molecule has 0 atom stereocenters. The Morgan fingerprint density at radius 1 is 1.28 bits per heavy atom. The highest BCUT2D eigenvalue weighted by Crippen LogP contribution is 2.27. The molecule has 5 heteroatoms. The summed E-state index contributed by atoms with van der Waals surface area (Å²) in [5.74, 6) is -0.165. The summed E-state index contributed by atoms with van der Waals surface area (Å²) in [6.07, 6.45) is 3.32. The van der Waals surface area contributed by atoms with Gasteiger partial charge in [-0.25, -0.2) is 4.79 Å². The molecule has 0 bridgehead atoms. The van der Waals surface area contributed by atoms with Crippen LogP contribution in [0.4, 0.5) is 5.69 Å². The van der Waals surface area contributed by atoms with Crippen molar-refractivity contribution in [3.63, 3.8) is 0 Å². The van der Waals surface area contributed by atoms with E-state index in [4.69, 9.17) is 10.8 Å². The summed E-state index contributed by atoms with van der Waals surface area (Å²) in [6, 6.07) is 8.70. The van der Waals surface area contributed by atoms with E-state index < -0.39 is 5.97 Å². The van der Waals surface area contributed by atoms with Crippen molar-refractivity contribution in [3.05, 3.63) is 53.9 Å². The van der Waals surface area contributed by atoms with Crippen LogP contribution in [0, 0.1) is 0 Å². The Kier molecular flexibility index (Phi) is 3.84. The Balaban J connectivity index is 2.02. The normalized spacial score (nSPS) is 10.2. The van der Waals surface area contributed by atoms with Gasteiger partial charge in [0.15, 0.2) is 0 Å². The molecule has 92 valence electrons. The molecular weight excluding hydrogens is 248 g/mol. The molecule has 0 aliphatic carbocycles. The molecule has 0 aliphatic heterocycles. The number of hydrogen-bond acceptors (Lipinski definition) is 4. The smallest absolute Gasteiger partial charge is 0.335 e. The maximum atomic E-state index is 10.7. The van der Waals surface area contributed by atoms with Crippen LogP contribution in [0.2, 0.25) is 0 Å². The van der Waals surface area contributed by atoms with Gasteiger partial charge in [-0.05, 0) is 23.8 Å². The van der Waals surface area contributed by atoms with Gasteiger partial charge in [-0.2, -0.15) is 0 Å². The Hall–Kier alpha value is -2.01. The van der Waals surface area contributed by atoms with E-state index in [1.165, 1.54) is 0 Å². The number of aromatic nitrogens is 1. The molecule has 0 spiro atoms. The number of nitrogen functional groups attached to an aromatic ring is 1. The molecular formula is C13H12N2O2S. The summed E-state index contributed by atoms with van der Waals surface area (Å²) in [7, 11) is 0. The van der Waals surface area contributed by atoms with Crippen molar-refractivity contribution in [3.8, 4) is 0 Å². The summed E-state index contributed by atoms with van der Waals surface area (Å²) >= 11 is 1.60. The van der Waals surface area contributed by atoms with Crippen molar-refractivity contribution >= 4 is 23.4 Å². The first kappa shape index (κ1) is 12.4. The predicted molar refractivity (Wildman–Crippen MR) is 71.6 cm³/mol. The van der Waals surface area contributed by atoms with E-state index in [0.29, 0.717) is 11.3 Å². The molecule has 0 amide bonds. The molecule has 1 aromatic heterocycles. The first-order valence-corrected chi connectivity index (χ1v) is 6.30. The average Bonchev–Trinajstić information content (AvgIpc) is 2.38. The van der Waals surface area contributed by atoms with Crippen LogP contribution in [-0.2, 0) is 5.75 Å². The highest BCUT2D eigenvalue weighted by Gasteiger charge is 2.03. The zero-order valence-corrected chi connectivity index (χ0v) is 10.4. The molecule has 1 heterocycles. The highest BCUT2D eigenvalue weighted by molar-refractivity contribution is 7.98. The lowest BCUT2D eigenvalue weighted by Crippen LogP contribution is -1.95. The van der Waals surface area contributed by atoms with E-state index in [1.54, 1.807) is 36.3 Å². The molecule has 0 fully saturated rings. The fourth-order valence-electron chi connectivity index (χ4n) is 1.43. The summed E-state index contributed by atoms with van der Waals surface area (Å²) in [6.45, 7) is 0. The molecule has 2 rings (SSSR count). The monoisotopic (exact) mass is 260 g/mol. The minimum atomic E-state index is -0.910. The minimum absolute atomic E-state index is 0.298. The van der Waals surface area contributed by atoms with E-state index in [0.717, 1.165) is 16.2 Å². The van der Waals surface area contributed by atoms with Crippen molar-refractivity contribution in [2.75, 3.05) is 5.73 Å². The van der Waals surface area contributed by atoms with E-state index in [1.807, 2.05) is 18.2 Å². The van der Waals surface area contributed by atoms with Gasteiger partial charge >= 0.3 is 5.97 Å². The van der Waals surface area contributed by atoms with E-state index >= 15 is 0 Å². The number of pyridine rings is 1. The summed E-state index contributed by atoms with van der Waals surface area (Å²) in [4.78, 5) is 15.6. The van der Waals surface area contributed by atoms with Crippen LogP contribution in [0.1, 0.15) is 15.9 Å². The van der Waals surface area contributed by atoms with Crippen LogP contribution in [0.5, 0.6) is 0 Å². The Morgan fingerprint density at radius 3 is 2.61 bits per heavy atom. The third kappa shape index (κ3) is 3.01. The summed E-state index contributed by atoms with van der Waals surface area (Å²) < 4.78 is 0. The maximum Gasteiger partial charge on any atom is 0.335 e. The van der Waals surface area contributed by atoms with Crippen LogP contribution in [0.15, 0.2) is 47.6 Å². The fourth-order valence-corrected chi connectivity index (χ4v) is 2.32. The van der Waals surface area contributed by atoms with Crippen molar-refractivity contribution in [2.24, 2.45) is 0 Å². The highest BCUT2D eigenvalue weighted by atomic mass is 32.2. The molecule has 18 heavy (non-hydrogen) atoms. The molecule has 4 nitrogen and oxygen atoms in total. The van der Waals surface area contributed by atoms with Gasteiger partial charge in [-0.3, -0.25) is 4.98 Å². The second-order valence-electron chi connectivity index (χ2n) is 3.70. The van der Waals surface area contributed by atoms with Crippen LogP contribution < -0.4 is 5.73 Å². The quantitative estimate of drug-likeness (QED) is 0.826. The number of nitrogens with two attached hydrogens (primary N) is 1. The molecule has 0 saturated carbocycles. The summed E-state index contributed by atoms with van der Waals surface area (Å²) in [5, 5.41) is 8.79. The van der Waals surface area contributed by atoms with E-state index in [-0.39, 0.29) is 0 Å². The van der Waals surface area contributed by atoms with Gasteiger partial charge in [0.05, 0.1) is 17.4 Å². The number of thioether (sulfide) groups is 1. The number of rotatable bonds is 4. The molecule has 1 aromatic carbocycles. The Bertz CT molecular complexity index is 555. The molecule has 0 aliphatic rings. The lowest BCUT2D eigenvalue weighted by atomic mass is 10.1. The SMILES string of the molecule is Nc1cnccc1SCc1ccc(C(=O)O)cc1. The van der Waals surface area contributed by atoms with Crippen molar-refractivity contribution in [1.29, 1.82) is 0 Å². The maximum absolute atomic E-state index is 10.7. The lowest BCUT2D eigenvalue weighted by Gasteiger charge is -2.04. The van der Waals surface area contributed by atoms with Gasteiger partial charge in [-0.1, -0.05) is 12.1 Å². The third-order valence-corrected chi connectivity index (χ3v) is 3.57. The standard InChI is InChI=1S/C13H12N2O2S/c14-11-7-15-6-5-12(11)18-8-9-1-3-10(4-2-9)13(16)17/h1-7H,8,14H2,(H,16,17). The minimum Gasteiger partial charge on any atom is -0.478 e. The van der Waals surface area contributed by atoms with E-state index in [2.05, 4.69) is 4.98 Å². The number of benzene rings is 1. The number of anilines is 1. The van der Waals surface area contributed by atoms with Gasteiger partial charge < -0.3 is 10.8 Å². The number of hydrogen-bond donors (Lipinski definition) is 2. The number of carboxylic acids is 1.